The Balaban J connectivity index is 2.23. The summed E-state index contributed by atoms with van der Waals surface area (Å²) in [5, 5.41) is 9.45. The van der Waals surface area contributed by atoms with Crippen molar-refractivity contribution in [3.63, 3.8) is 0 Å². The number of hydrogen-bond donors (Lipinski definition) is 1. The van der Waals surface area contributed by atoms with Gasteiger partial charge in [0.05, 0.1) is 5.76 Å². The third-order valence-corrected chi connectivity index (χ3v) is 2.77. The molecule has 1 aliphatic carbocycles. The summed E-state index contributed by atoms with van der Waals surface area (Å²) in [5.74, 6) is 0.626. The van der Waals surface area contributed by atoms with Crippen LogP contribution in [0.25, 0.3) is 0 Å². The van der Waals surface area contributed by atoms with E-state index in [1.165, 1.54) is 51.4 Å². The van der Waals surface area contributed by atoms with E-state index in [0.29, 0.717) is 5.76 Å². The molecule has 1 nitrogen and oxygen atoms in total. The van der Waals surface area contributed by atoms with Gasteiger partial charge in [-0.05, 0) is 25.3 Å². The SMILES string of the molecule is O/C1=C/CCCCCCCCCC1. The highest BCUT2D eigenvalue weighted by molar-refractivity contribution is 4.90. The first kappa shape index (κ1) is 10.6. The predicted octanol–water partition coefficient (Wildman–Crippen LogP) is 4.34. The van der Waals surface area contributed by atoms with Gasteiger partial charge in [-0.1, -0.05) is 38.5 Å². The van der Waals surface area contributed by atoms with Gasteiger partial charge in [-0.3, -0.25) is 0 Å². The molecule has 76 valence electrons. The Morgan fingerprint density at radius 3 is 2.00 bits per heavy atom. The van der Waals surface area contributed by atoms with Gasteiger partial charge in [-0.25, -0.2) is 0 Å². The maximum absolute atomic E-state index is 9.45. The van der Waals surface area contributed by atoms with E-state index >= 15 is 0 Å². The summed E-state index contributed by atoms with van der Waals surface area (Å²) < 4.78 is 0. The van der Waals surface area contributed by atoms with Gasteiger partial charge in [0.25, 0.3) is 0 Å². The van der Waals surface area contributed by atoms with Crippen LogP contribution in [0.2, 0.25) is 0 Å². The zero-order valence-electron chi connectivity index (χ0n) is 8.60. The maximum Gasteiger partial charge on any atom is 0.0882 e. The molecule has 0 atom stereocenters. The van der Waals surface area contributed by atoms with E-state index in [1.54, 1.807) is 0 Å². The Morgan fingerprint density at radius 2 is 1.31 bits per heavy atom. The lowest BCUT2D eigenvalue weighted by Gasteiger charge is -2.04. The summed E-state index contributed by atoms with van der Waals surface area (Å²) in [6.07, 6.45) is 14.6. The van der Waals surface area contributed by atoms with Crippen LogP contribution in [0.4, 0.5) is 0 Å². The average molecular weight is 182 g/mol. The molecule has 0 saturated heterocycles. The third-order valence-electron chi connectivity index (χ3n) is 2.77. The van der Waals surface area contributed by atoms with Crippen molar-refractivity contribution < 1.29 is 5.11 Å². The van der Waals surface area contributed by atoms with Crippen LogP contribution in [0.15, 0.2) is 11.8 Å². The van der Waals surface area contributed by atoms with Crippen molar-refractivity contribution in [3.05, 3.63) is 11.8 Å². The molecule has 0 aromatic rings. The van der Waals surface area contributed by atoms with Crippen molar-refractivity contribution in [2.24, 2.45) is 0 Å². The first-order valence-corrected chi connectivity index (χ1v) is 5.77. The van der Waals surface area contributed by atoms with Crippen LogP contribution in [0.5, 0.6) is 0 Å². The molecule has 0 aromatic heterocycles. The van der Waals surface area contributed by atoms with Gasteiger partial charge >= 0.3 is 0 Å². The third kappa shape index (κ3) is 5.73. The van der Waals surface area contributed by atoms with Crippen molar-refractivity contribution in [3.8, 4) is 0 Å². The number of allylic oxidation sites excluding steroid dienone is 2. The largest absolute Gasteiger partial charge is 0.513 e. The fourth-order valence-electron chi connectivity index (χ4n) is 1.88. The van der Waals surface area contributed by atoms with E-state index in [0.717, 1.165) is 12.8 Å². The van der Waals surface area contributed by atoms with Gasteiger partial charge in [0.15, 0.2) is 0 Å². The summed E-state index contributed by atoms with van der Waals surface area (Å²) in [7, 11) is 0. The number of aliphatic hydroxyl groups is 1. The number of aliphatic hydroxyl groups excluding tert-OH is 1. The Morgan fingerprint density at radius 1 is 0.769 bits per heavy atom. The van der Waals surface area contributed by atoms with Crippen molar-refractivity contribution in [1.29, 1.82) is 0 Å². The minimum atomic E-state index is 0.626. The van der Waals surface area contributed by atoms with E-state index in [4.69, 9.17) is 0 Å². The fraction of sp³-hybridized carbons (Fsp3) is 0.833. The molecular weight excluding hydrogens is 160 g/mol. The second kappa shape index (κ2) is 6.99. The van der Waals surface area contributed by atoms with Crippen molar-refractivity contribution >= 4 is 0 Å². The van der Waals surface area contributed by atoms with E-state index in [1.807, 2.05) is 6.08 Å². The second-order valence-corrected chi connectivity index (χ2v) is 4.06. The van der Waals surface area contributed by atoms with Crippen molar-refractivity contribution in [2.45, 2.75) is 64.2 Å². The first-order chi connectivity index (χ1) is 6.39. The highest BCUT2D eigenvalue weighted by atomic mass is 16.3. The summed E-state index contributed by atoms with van der Waals surface area (Å²) >= 11 is 0. The standard InChI is InChI=1S/C12H22O/c13-12-10-8-6-4-2-1-3-5-7-9-11-12/h10,13H,1-9,11H2/b12-10+. The predicted molar refractivity (Wildman–Crippen MR) is 56.9 cm³/mol. The quantitative estimate of drug-likeness (QED) is 0.590. The highest BCUT2D eigenvalue weighted by Crippen LogP contribution is 2.15. The molecule has 0 aliphatic heterocycles. The van der Waals surface area contributed by atoms with Crippen LogP contribution in [0, 0.1) is 0 Å². The minimum Gasteiger partial charge on any atom is -0.513 e. The summed E-state index contributed by atoms with van der Waals surface area (Å²) in [6, 6.07) is 0. The van der Waals surface area contributed by atoms with Gasteiger partial charge in [0.2, 0.25) is 0 Å². The topological polar surface area (TPSA) is 20.2 Å². The maximum atomic E-state index is 9.45. The molecule has 0 unspecified atom stereocenters. The van der Waals surface area contributed by atoms with Gasteiger partial charge in [-0.2, -0.15) is 0 Å². The van der Waals surface area contributed by atoms with E-state index in [-0.39, 0.29) is 0 Å². The lowest BCUT2D eigenvalue weighted by atomic mass is 10.0. The van der Waals surface area contributed by atoms with Crippen LogP contribution in [-0.4, -0.2) is 5.11 Å². The zero-order valence-corrected chi connectivity index (χ0v) is 8.60. The molecule has 1 rings (SSSR count). The molecule has 0 fully saturated rings. The van der Waals surface area contributed by atoms with E-state index in [2.05, 4.69) is 0 Å². The molecule has 0 bridgehead atoms. The molecule has 1 N–H and O–H groups in total. The second-order valence-electron chi connectivity index (χ2n) is 4.06. The van der Waals surface area contributed by atoms with Gasteiger partial charge in [0, 0.05) is 6.42 Å². The van der Waals surface area contributed by atoms with Crippen LogP contribution >= 0.6 is 0 Å². The van der Waals surface area contributed by atoms with Crippen molar-refractivity contribution in [2.75, 3.05) is 0 Å². The van der Waals surface area contributed by atoms with Crippen LogP contribution in [0.3, 0.4) is 0 Å². The van der Waals surface area contributed by atoms with E-state index in [9.17, 15) is 5.11 Å². The number of rotatable bonds is 0. The molecule has 1 aliphatic rings. The molecule has 0 spiro atoms. The number of hydrogen-bond acceptors (Lipinski definition) is 1. The minimum absolute atomic E-state index is 0.626. The Kier molecular flexibility index (Phi) is 5.71. The summed E-state index contributed by atoms with van der Waals surface area (Å²) in [4.78, 5) is 0. The Labute approximate surface area is 81.9 Å². The van der Waals surface area contributed by atoms with Crippen LogP contribution < -0.4 is 0 Å². The van der Waals surface area contributed by atoms with Crippen molar-refractivity contribution in [1.82, 2.24) is 0 Å². The smallest absolute Gasteiger partial charge is 0.0882 e. The molecule has 0 saturated carbocycles. The van der Waals surface area contributed by atoms with Gasteiger partial charge in [-0.15, -0.1) is 0 Å². The monoisotopic (exact) mass is 182 g/mol. The van der Waals surface area contributed by atoms with Gasteiger partial charge in [0.1, 0.15) is 0 Å². The molecule has 0 radical (unpaired) electrons. The molecule has 1 heteroatoms. The molecule has 0 heterocycles. The summed E-state index contributed by atoms with van der Waals surface area (Å²) in [6.45, 7) is 0. The Bertz CT molecular complexity index is 149. The lowest BCUT2D eigenvalue weighted by Crippen LogP contribution is -1.87. The molecule has 0 amide bonds. The lowest BCUT2D eigenvalue weighted by molar-refractivity contribution is 0.375. The molecular formula is C12H22O. The normalized spacial score (nSPS) is 26.6. The zero-order chi connectivity index (χ0) is 9.36. The first-order valence-electron chi connectivity index (χ1n) is 5.77. The van der Waals surface area contributed by atoms with E-state index < -0.39 is 0 Å². The average Bonchev–Trinajstić information content (AvgIpc) is 2.11. The highest BCUT2D eigenvalue weighted by Gasteiger charge is 1.97. The van der Waals surface area contributed by atoms with Crippen LogP contribution in [-0.2, 0) is 0 Å². The molecule has 13 heavy (non-hydrogen) atoms. The Hall–Kier alpha value is -0.460. The van der Waals surface area contributed by atoms with Gasteiger partial charge < -0.3 is 5.11 Å². The molecule has 0 aromatic carbocycles. The van der Waals surface area contributed by atoms with Crippen LogP contribution in [0.1, 0.15) is 64.2 Å². The fourth-order valence-corrected chi connectivity index (χ4v) is 1.88. The summed E-state index contributed by atoms with van der Waals surface area (Å²) in [5.41, 5.74) is 0.